The quantitative estimate of drug-likeness (QED) is 0.629. The normalized spacial score (nSPS) is 12.4. The van der Waals surface area contributed by atoms with E-state index in [9.17, 15) is 0 Å². The first kappa shape index (κ1) is 19.1. The number of aryl methyl sites for hydroxylation is 1. The Labute approximate surface area is 155 Å². The third-order valence-electron chi connectivity index (χ3n) is 3.78. The fourth-order valence-corrected chi connectivity index (χ4v) is 3.11. The van der Waals surface area contributed by atoms with Crippen molar-refractivity contribution < 1.29 is 4.74 Å². The first-order valence-electron chi connectivity index (χ1n) is 8.37. The van der Waals surface area contributed by atoms with Gasteiger partial charge in [0.15, 0.2) is 5.75 Å². The highest BCUT2D eigenvalue weighted by Crippen LogP contribution is 2.35. The van der Waals surface area contributed by atoms with E-state index < -0.39 is 0 Å². The number of rotatable bonds is 8. The highest BCUT2D eigenvalue weighted by molar-refractivity contribution is 6.37. The van der Waals surface area contributed by atoms with Crippen LogP contribution in [0.1, 0.15) is 38.3 Å². The Morgan fingerprint density at radius 2 is 1.58 bits per heavy atom. The lowest BCUT2D eigenvalue weighted by atomic mass is 10.1. The van der Waals surface area contributed by atoms with Crippen LogP contribution in [0.15, 0.2) is 42.5 Å². The van der Waals surface area contributed by atoms with Crippen molar-refractivity contribution in [1.82, 2.24) is 5.32 Å². The van der Waals surface area contributed by atoms with E-state index in [0.29, 0.717) is 21.8 Å². The number of hydrogen-bond donors (Lipinski definition) is 1. The van der Waals surface area contributed by atoms with Crippen LogP contribution in [0.2, 0.25) is 10.0 Å². The van der Waals surface area contributed by atoms with Crippen molar-refractivity contribution in [3.05, 3.63) is 63.6 Å². The van der Waals surface area contributed by atoms with Crippen LogP contribution >= 0.6 is 23.2 Å². The Morgan fingerprint density at radius 1 is 0.958 bits per heavy atom. The number of ether oxygens (including phenoxy) is 1. The van der Waals surface area contributed by atoms with Gasteiger partial charge in [0, 0.05) is 12.6 Å². The minimum absolute atomic E-state index is 0.0435. The Balaban J connectivity index is 1.87. The van der Waals surface area contributed by atoms with E-state index in [1.807, 2.05) is 32.0 Å². The first-order chi connectivity index (χ1) is 11.5. The van der Waals surface area contributed by atoms with Gasteiger partial charge in [-0.3, -0.25) is 0 Å². The summed E-state index contributed by atoms with van der Waals surface area (Å²) in [7, 11) is 0. The monoisotopic (exact) mass is 365 g/mol. The minimum Gasteiger partial charge on any atom is -0.488 e. The van der Waals surface area contributed by atoms with Gasteiger partial charge in [-0.05, 0) is 56.9 Å². The molecule has 2 rings (SSSR count). The summed E-state index contributed by atoms with van der Waals surface area (Å²) < 4.78 is 5.66. The second-order valence-corrected chi connectivity index (χ2v) is 7.18. The van der Waals surface area contributed by atoms with Gasteiger partial charge >= 0.3 is 0 Å². The third-order valence-corrected chi connectivity index (χ3v) is 4.34. The Bertz CT molecular complexity index is 620. The number of halogens is 2. The van der Waals surface area contributed by atoms with Crippen molar-refractivity contribution in [3.63, 3.8) is 0 Å². The molecule has 2 aromatic rings. The fraction of sp³-hybridized carbons (Fsp3) is 0.400. The molecular weight excluding hydrogens is 341 g/mol. The van der Waals surface area contributed by atoms with Gasteiger partial charge in [0.25, 0.3) is 0 Å². The van der Waals surface area contributed by atoms with Gasteiger partial charge in [0.05, 0.1) is 16.1 Å². The van der Waals surface area contributed by atoms with Crippen LogP contribution in [-0.4, -0.2) is 12.1 Å². The standard InChI is InChI=1S/C20H25Cl2NO/c1-14(2)24-20-18(21)11-17(12-19(20)22)13-23-15(3)9-10-16-7-5-4-6-8-16/h4-8,11-12,14-15,23H,9-10,13H2,1-3H3. The molecule has 0 aliphatic carbocycles. The topological polar surface area (TPSA) is 21.3 Å². The molecule has 4 heteroatoms. The number of nitrogens with one attached hydrogen (secondary N) is 1. The summed E-state index contributed by atoms with van der Waals surface area (Å²) in [6.45, 7) is 6.84. The van der Waals surface area contributed by atoms with Crippen molar-refractivity contribution in [2.24, 2.45) is 0 Å². The maximum Gasteiger partial charge on any atom is 0.156 e. The molecule has 0 aliphatic rings. The molecule has 0 fully saturated rings. The molecule has 0 amide bonds. The lowest BCUT2D eigenvalue weighted by molar-refractivity contribution is 0.242. The molecule has 0 saturated heterocycles. The first-order valence-corrected chi connectivity index (χ1v) is 9.13. The van der Waals surface area contributed by atoms with Crippen molar-refractivity contribution >= 4 is 23.2 Å². The summed E-state index contributed by atoms with van der Waals surface area (Å²) in [4.78, 5) is 0. The van der Waals surface area contributed by atoms with E-state index in [-0.39, 0.29) is 6.10 Å². The Hall–Kier alpha value is -1.22. The van der Waals surface area contributed by atoms with Crippen LogP contribution in [0, 0.1) is 0 Å². The van der Waals surface area contributed by atoms with E-state index in [0.717, 1.165) is 24.9 Å². The van der Waals surface area contributed by atoms with Crippen molar-refractivity contribution in [1.29, 1.82) is 0 Å². The Morgan fingerprint density at radius 3 is 2.17 bits per heavy atom. The summed E-state index contributed by atoms with van der Waals surface area (Å²) in [6.07, 6.45) is 2.19. The summed E-state index contributed by atoms with van der Waals surface area (Å²) in [6, 6.07) is 14.8. The van der Waals surface area contributed by atoms with E-state index in [1.54, 1.807) is 0 Å². The van der Waals surface area contributed by atoms with Crippen LogP contribution in [0.4, 0.5) is 0 Å². The van der Waals surface area contributed by atoms with Crippen molar-refractivity contribution in [3.8, 4) is 5.75 Å². The molecule has 0 saturated carbocycles. The molecule has 2 aromatic carbocycles. The largest absolute Gasteiger partial charge is 0.488 e. The molecule has 0 aliphatic heterocycles. The summed E-state index contributed by atoms with van der Waals surface area (Å²) in [5.41, 5.74) is 2.43. The predicted molar refractivity (Wildman–Crippen MR) is 103 cm³/mol. The van der Waals surface area contributed by atoms with Gasteiger partial charge in [-0.15, -0.1) is 0 Å². The van der Waals surface area contributed by atoms with E-state index >= 15 is 0 Å². The molecule has 0 heterocycles. The van der Waals surface area contributed by atoms with Gasteiger partial charge in [-0.2, -0.15) is 0 Å². The smallest absolute Gasteiger partial charge is 0.156 e. The maximum atomic E-state index is 6.30. The molecule has 24 heavy (non-hydrogen) atoms. The SMILES string of the molecule is CC(CCc1ccccc1)NCc1cc(Cl)c(OC(C)C)c(Cl)c1. The summed E-state index contributed by atoms with van der Waals surface area (Å²) >= 11 is 12.6. The number of hydrogen-bond acceptors (Lipinski definition) is 2. The van der Waals surface area contributed by atoms with Crippen LogP contribution < -0.4 is 10.1 Å². The molecule has 1 N–H and O–H groups in total. The van der Waals surface area contributed by atoms with Gasteiger partial charge in [-0.1, -0.05) is 53.5 Å². The lowest BCUT2D eigenvalue weighted by Gasteiger charge is -2.17. The zero-order valence-electron chi connectivity index (χ0n) is 14.5. The molecule has 1 unspecified atom stereocenters. The highest BCUT2D eigenvalue weighted by atomic mass is 35.5. The molecule has 2 nitrogen and oxygen atoms in total. The highest BCUT2D eigenvalue weighted by Gasteiger charge is 2.12. The van der Waals surface area contributed by atoms with Crippen LogP contribution in [-0.2, 0) is 13.0 Å². The van der Waals surface area contributed by atoms with Crippen molar-refractivity contribution in [2.45, 2.75) is 52.3 Å². The zero-order chi connectivity index (χ0) is 17.5. The van der Waals surface area contributed by atoms with Crippen molar-refractivity contribution in [2.75, 3.05) is 0 Å². The second-order valence-electron chi connectivity index (χ2n) is 6.36. The summed E-state index contributed by atoms with van der Waals surface area (Å²) in [5.74, 6) is 0.564. The molecule has 0 radical (unpaired) electrons. The third kappa shape index (κ3) is 6.01. The van der Waals surface area contributed by atoms with Gasteiger partial charge in [0.2, 0.25) is 0 Å². The molecule has 0 bridgehead atoms. The Kier molecular flexibility index (Phi) is 7.41. The fourth-order valence-electron chi connectivity index (χ4n) is 2.48. The van der Waals surface area contributed by atoms with Gasteiger partial charge in [0.1, 0.15) is 0 Å². The summed E-state index contributed by atoms with van der Waals surface area (Å²) in [5, 5.41) is 4.65. The van der Waals surface area contributed by atoms with Gasteiger partial charge < -0.3 is 10.1 Å². The zero-order valence-corrected chi connectivity index (χ0v) is 16.0. The van der Waals surface area contributed by atoms with E-state index in [4.69, 9.17) is 27.9 Å². The molecule has 130 valence electrons. The maximum absolute atomic E-state index is 6.30. The molecular formula is C20H25Cl2NO. The van der Waals surface area contributed by atoms with Crippen LogP contribution in [0.3, 0.4) is 0 Å². The van der Waals surface area contributed by atoms with Crippen LogP contribution in [0.25, 0.3) is 0 Å². The average molecular weight is 366 g/mol. The molecule has 0 aromatic heterocycles. The second kappa shape index (κ2) is 9.31. The van der Waals surface area contributed by atoms with E-state index in [1.165, 1.54) is 5.56 Å². The predicted octanol–water partition coefficient (Wildman–Crippen LogP) is 5.89. The van der Waals surface area contributed by atoms with Crippen LogP contribution in [0.5, 0.6) is 5.75 Å². The minimum atomic E-state index is 0.0435. The molecule has 0 spiro atoms. The van der Waals surface area contributed by atoms with Gasteiger partial charge in [-0.25, -0.2) is 0 Å². The lowest BCUT2D eigenvalue weighted by Crippen LogP contribution is -2.26. The number of benzene rings is 2. The molecule has 1 atom stereocenters. The van der Waals surface area contributed by atoms with E-state index in [2.05, 4.69) is 36.5 Å². The average Bonchev–Trinajstić information content (AvgIpc) is 2.55.